The van der Waals surface area contributed by atoms with E-state index < -0.39 is 5.91 Å². The molecule has 0 spiro atoms. The maximum Gasteiger partial charge on any atom is 0.354 e. The Bertz CT molecular complexity index is 660. The van der Waals surface area contributed by atoms with Crippen molar-refractivity contribution in [2.24, 2.45) is 12.8 Å². The summed E-state index contributed by atoms with van der Waals surface area (Å²) in [5, 5.41) is 0.891. The average molecular weight is 276 g/mol. The molecule has 106 valence electrons. The molecule has 20 heavy (non-hydrogen) atoms. The van der Waals surface area contributed by atoms with Gasteiger partial charge in [0.25, 0.3) is 5.91 Å². The van der Waals surface area contributed by atoms with Crippen molar-refractivity contribution >= 4 is 22.8 Å². The highest BCUT2D eigenvalue weighted by atomic mass is 16.5. The number of aryl methyl sites for hydroxylation is 1. The van der Waals surface area contributed by atoms with E-state index in [1.165, 1.54) is 0 Å². The molecule has 2 aromatic rings. The van der Waals surface area contributed by atoms with Crippen LogP contribution in [0.1, 0.15) is 17.4 Å². The Hall–Kier alpha value is -2.50. The summed E-state index contributed by atoms with van der Waals surface area (Å²) in [5.74, 6) is -0.386. The zero-order chi connectivity index (χ0) is 14.7. The predicted octanol–water partition coefficient (Wildman–Crippen LogP) is 1.22. The first-order chi connectivity index (χ1) is 9.52. The van der Waals surface area contributed by atoms with Gasteiger partial charge in [-0.2, -0.15) is 0 Å². The summed E-state index contributed by atoms with van der Waals surface area (Å²) in [6.45, 7) is 1.91. The highest BCUT2D eigenvalue weighted by Crippen LogP contribution is 2.24. The second-order valence-electron chi connectivity index (χ2n) is 4.28. The van der Waals surface area contributed by atoms with Gasteiger partial charge in [0.15, 0.2) is 6.61 Å². The van der Waals surface area contributed by atoms with E-state index in [-0.39, 0.29) is 12.6 Å². The van der Waals surface area contributed by atoms with Crippen LogP contribution in [0.5, 0.6) is 5.75 Å². The number of carbonyl (C=O) groups excluding carboxylic acids is 2. The molecule has 0 fully saturated rings. The lowest BCUT2D eigenvalue weighted by molar-refractivity contribution is -0.119. The van der Waals surface area contributed by atoms with Gasteiger partial charge < -0.3 is 19.8 Å². The molecule has 0 bridgehead atoms. The monoisotopic (exact) mass is 276 g/mol. The molecule has 0 saturated carbocycles. The van der Waals surface area contributed by atoms with Gasteiger partial charge in [-0.15, -0.1) is 0 Å². The van der Waals surface area contributed by atoms with E-state index in [9.17, 15) is 9.59 Å². The van der Waals surface area contributed by atoms with E-state index in [4.69, 9.17) is 15.2 Å². The molecule has 6 heteroatoms. The number of primary amides is 1. The summed E-state index contributed by atoms with van der Waals surface area (Å²) in [6.07, 6.45) is 0. The average Bonchev–Trinajstić information content (AvgIpc) is 2.74. The van der Waals surface area contributed by atoms with E-state index in [1.54, 1.807) is 36.7 Å². The molecule has 2 N–H and O–H groups in total. The van der Waals surface area contributed by atoms with Crippen molar-refractivity contribution in [1.82, 2.24) is 4.57 Å². The fourth-order valence-electron chi connectivity index (χ4n) is 1.96. The maximum atomic E-state index is 11.8. The molecule has 0 aliphatic rings. The number of nitrogens with zero attached hydrogens (tertiary/aromatic N) is 1. The second kappa shape index (κ2) is 5.64. The Kier molecular flexibility index (Phi) is 3.93. The van der Waals surface area contributed by atoms with Gasteiger partial charge in [0.2, 0.25) is 0 Å². The van der Waals surface area contributed by atoms with E-state index >= 15 is 0 Å². The van der Waals surface area contributed by atoms with Crippen LogP contribution in [-0.4, -0.2) is 29.7 Å². The number of benzene rings is 1. The Labute approximate surface area is 116 Å². The topological polar surface area (TPSA) is 83.6 Å². The number of carbonyl (C=O) groups is 2. The van der Waals surface area contributed by atoms with Gasteiger partial charge in [-0.25, -0.2) is 4.79 Å². The number of amides is 1. The summed E-state index contributed by atoms with van der Waals surface area (Å²) in [7, 11) is 1.77. The first-order valence-electron chi connectivity index (χ1n) is 6.20. The number of nitrogens with two attached hydrogens (primary N) is 1. The molecule has 0 atom stereocenters. The third kappa shape index (κ3) is 2.74. The molecule has 0 saturated heterocycles. The first kappa shape index (κ1) is 13.9. The Morgan fingerprint density at radius 2 is 2.05 bits per heavy atom. The predicted molar refractivity (Wildman–Crippen MR) is 73.6 cm³/mol. The van der Waals surface area contributed by atoms with Crippen LogP contribution >= 0.6 is 0 Å². The number of rotatable bonds is 5. The molecule has 0 radical (unpaired) electrons. The van der Waals surface area contributed by atoms with Crippen molar-refractivity contribution in [2.45, 2.75) is 6.92 Å². The number of aromatic nitrogens is 1. The van der Waals surface area contributed by atoms with E-state index in [0.29, 0.717) is 18.1 Å². The summed E-state index contributed by atoms with van der Waals surface area (Å²) < 4.78 is 12.0. The third-order valence-electron chi connectivity index (χ3n) is 2.88. The van der Waals surface area contributed by atoms with Crippen molar-refractivity contribution in [3.63, 3.8) is 0 Å². The van der Waals surface area contributed by atoms with Gasteiger partial charge in [-0.1, -0.05) is 0 Å². The van der Waals surface area contributed by atoms with Gasteiger partial charge in [0.05, 0.1) is 12.1 Å². The SMILES string of the molecule is CCOC(=O)c1cc2ccc(OCC(N)=O)cc2n1C. The summed E-state index contributed by atoms with van der Waals surface area (Å²) >= 11 is 0. The molecule has 1 aromatic carbocycles. The number of esters is 1. The fourth-order valence-corrected chi connectivity index (χ4v) is 1.96. The van der Waals surface area contributed by atoms with Gasteiger partial charge in [0, 0.05) is 18.5 Å². The zero-order valence-corrected chi connectivity index (χ0v) is 11.4. The van der Waals surface area contributed by atoms with Crippen molar-refractivity contribution in [3.8, 4) is 5.75 Å². The zero-order valence-electron chi connectivity index (χ0n) is 11.4. The van der Waals surface area contributed by atoms with E-state index in [2.05, 4.69) is 0 Å². The fraction of sp³-hybridized carbons (Fsp3) is 0.286. The van der Waals surface area contributed by atoms with Crippen LogP contribution in [0.15, 0.2) is 24.3 Å². The van der Waals surface area contributed by atoms with Gasteiger partial charge >= 0.3 is 5.97 Å². The summed E-state index contributed by atoms with van der Waals surface area (Å²) in [5.41, 5.74) is 6.31. The highest BCUT2D eigenvalue weighted by molar-refractivity contribution is 5.96. The Morgan fingerprint density at radius 1 is 1.30 bits per heavy atom. The molecular formula is C14H16N2O4. The lowest BCUT2D eigenvalue weighted by atomic mass is 10.2. The van der Waals surface area contributed by atoms with Gasteiger partial charge in [0.1, 0.15) is 11.4 Å². The molecule has 0 aliphatic heterocycles. The standard InChI is InChI=1S/C14H16N2O4/c1-3-19-14(18)12-6-9-4-5-10(20-8-13(15)17)7-11(9)16(12)2/h4-7H,3,8H2,1-2H3,(H2,15,17). The largest absolute Gasteiger partial charge is 0.484 e. The van der Waals surface area contributed by atoms with Crippen LogP contribution in [0.4, 0.5) is 0 Å². The molecule has 1 amide bonds. The molecule has 2 rings (SSSR count). The normalized spacial score (nSPS) is 10.5. The number of hydrogen-bond donors (Lipinski definition) is 1. The van der Waals surface area contributed by atoms with Crippen molar-refractivity contribution < 1.29 is 19.1 Å². The third-order valence-corrected chi connectivity index (χ3v) is 2.88. The number of ether oxygens (including phenoxy) is 2. The van der Waals surface area contributed by atoms with Gasteiger partial charge in [-0.05, 0) is 25.1 Å². The highest BCUT2D eigenvalue weighted by Gasteiger charge is 2.14. The van der Waals surface area contributed by atoms with Crippen LogP contribution < -0.4 is 10.5 Å². The molecule has 0 unspecified atom stereocenters. The maximum absolute atomic E-state index is 11.8. The first-order valence-corrected chi connectivity index (χ1v) is 6.20. The van der Waals surface area contributed by atoms with Crippen molar-refractivity contribution in [1.29, 1.82) is 0 Å². The van der Waals surface area contributed by atoms with Crippen molar-refractivity contribution in [2.75, 3.05) is 13.2 Å². The summed E-state index contributed by atoms with van der Waals surface area (Å²) in [4.78, 5) is 22.5. The lowest BCUT2D eigenvalue weighted by Crippen LogP contribution is -2.20. The molecule has 6 nitrogen and oxygen atoms in total. The molecule has 1 aromatic heterocycles. The number of fused-ring (bicyclic) bond motifs is 1. The summed E-state index contributed by atoms with van der Waals surface area (Å²) in [6, 6.07) is 7.04. The van der Waals surface area contributed by atoms with E-state index in [0.717, 1.165) is 10.9 Å². The van der Waals surface area contributed by atoms with Crippen LogP contribution in [-0.2, 0) is 16.6 Å². The molecular weight excluding hydrogens is 260 g/mol. The Morgan fingerprint density at radius 3 is 2.70 bits per heavy atom. The minimum atomic E-state index is -0.538. The lowest BCUT2D eigenvalue weighted by Gasteiger charge is -2.06. The minimum absolute atomic E-state index is 0.180. The number of hydrogen-bond acceptors (Lipinski definition) is 4. The molecule has 0 aliphatic carbocycles. The van der Waals surface area contributed by atoms with Crippen LogP contribution in [0.3, 0.4) is 0 Å². The molecule has 1 heterocycles. The smallest absolute Gasteiger partial charge is 0.354 e. The van der Waals surface area contributed by atoms with Crippen molar-refractivity contribution in [3.05, 3.63) is 30.0 Å². The van der Waals surface area contributed by atoms with Crippen LogP contribution in [0.2, 0.25) is 0 Å². The van der Waals surface area contributed by atoms with Crippen LogP contribution in [0, 0.1) is 0 Å². The minimum Gasteiger partial charge on any atom is -0.484 e. The Balaban J connectivity index is 2.35. The second-order valence-corrected chi connectivity index (χ2v) is 4.28. The quantitative estimate of drug-likeness (QED) is 0.832. The van der Waals surface area contributed by atoms with E-state index in [1.807, 2.05) is 6.07 Å². The van der Waals surface area contributed by atoms with Gasteiger partial charge in [-0.3, -0.25) is 4.79 Å². The van der Waals surface area contributed by atoms with Crippen LogP contribution in [0.25, 0.3) is 10.9 Å².